The van der Waals surface area contributed by atoms with Crippen LogP contribution < -0.4 is 10.0 Å². The van der Waals surface area contributed by atoms with Crippen molar-refractivity contribution in [3.8, 4) is 0 Å². The fourth-order valence-corrected chi connectivity index (χ4v) is 6.38. The van der Waals surface area contributed by atoms with Gasteiger partial charge in [0.15, 0.2) is 0 Å². The van der Waals surface area contributed by atoms with Crippen LogP contribution in [0, 0.1) is 0 Å². The van der Waals surface area contributed by atoms with Crippen LogP contribution >= 0.6 is 27.5 Å². The van der Waals surface area contributed by atoms with Crippen LogP contribution in [0.25, 0.3) is 0 Å². The van der Waals surface area contributed by atoms with Gasteiger partial charge in [0.1, 0.15) is 0 Å². The van der Waals surface area contributed by atoms with E-state index >= 15 is 0 Å². The van der Waals surface area contributed by atoms with Crippen molar-refractivity contribution in [3.05, 3.63) is 81.8 Å². The zero-order valence-electron chi connectivity index (χ0n) is 18.6. The highest BCUT2D eigenvalue weighted by atomic mass is 79.9. The Hall–Kier alpha value is -2.48. The van der Waals surface area contributed by atoms with Crippen molar-refractivity contribution in [1.82, 2.24) is 4.31 Å². The molecule has 1 heterocycles. The number of halogens is 2. The number of hydrogen-bond acceptors (Lipinski definition) is 6. The van der Waals surface area contributed by atoms with E-state index in [0.29, 0.717) is 18.9 Å². The summed E-state index contributed by atoms with van der Waals surface area (Å²) >= 11 is 9.33. The number of ether oxygens (including phenoxy) is 1. The number of morpholine rings is 1. The van der Waals surface area contributed by atoms with E-state index in [2.05, 4.69) is 26.0 Å². The first kappa shape index (κ1) is 26.6. The van der Waals surface area contributed by atoms with Gasteiger partial charge < -0.3 is 10.1 Å². The van der Waals surface area contributed by atoms with E-state index in [9.17, 15) is 21.6 Å². The van der Waals surface area contributed by atoms with E-state index < -0.39 is 26.0 Å². The minimum Gasteiger partial charge on any atom is -0.379 e. The maximum Gasteiger partial charge on any atom is 0.261 e. The number of hydrogen-bond donors (Lipinski definition) is 2. The number of nitrogens with zero attached hydrogens (tertiary/aromatic N) is 1. The summed E-state index contributed by atoms with van der Waals surface area (Å²) < 4.78 is 60.9. The van der Waals surface area contributed by atoms with E-state index in [4.69, 9.17) is 16.3 Å². The third kappa shape index (κ3) is 6.07. The molecule has 0 aliphatic carbocycles. The summed E-state index contributed by atoms with van der Waals surface area (Å²) in [4.78, 5) is 13.1. The average molecular weight is 615 g/mol. The van der Waals surface area contributed by atoms with Crippen LogP contribution in [0.1, 0.15) is 10.4 Å². The molecule has 0 aromatic heterocycles. The fraction of sp³-hybridized carbons (Fsp3) is 0.174. The van der Waals surface area contributed by atoms with Crippen molar-refractivity contribution in [2.75, 3.05) is 36.3 Å². The molecule has 3 aromatic rings. The molecule has 13 heteroatoms. The molecule has 4 rings (SSSR count). The second kappa shape index (κ2) is 10.9. The van der Waals surface area contributed by atoms with Crippen molar-refractivity contribution in [1.29, 1.82) is 0 Å². The van der Waals surface area contributed by atoms with Gasteiger partial charge in [0.2, 0.25) is 10.0 Å². The van der Waals surface area contributed by atoms with Crippen molar-refractivity contribution in [3.63, 3.8) is 0 Å². The number of amides is 1. The molecule has 9 nitrogen and oxygen atoms in total. The number of benzene rings is 3. The van der Waals surface area contributed by atoms with Gasteiger partial charge in [0.25, 0.3) is 15.9 Å². The number of carbonyl (C=O) groups excluding carboxylic acids is 1. The largest absolute Gasteiger partial charge is 0.379 e. The van der Waals surface area contributed by atoms with Gasteiger partial charge in [-0.25, -0.2) is 16.8 Å². The summed E-state index contributed by atoms with van der Waals surface area (Å²) in [6.07, 6.45) is 0. The molecule has 3 aromatic carbocycles. The Balaban J connectivity index is 1.54. The Morgan fingerprint density at radius 3 is 2.14 bits per heavy atom. The normalized spacial score (nSPS) is 14.8. The third-order valence-electron chi connectivity index (χ3n) is 5.31. The van der Waals surface area contributed by atoms with Gasteiger partial charge in [-0.15, -0.1) is 0 Å². The summed E-state index contributed by atoms with van der Waals surface area (Å²) in [5, 5.41) is 2.88. The lowest BCUT2D eigenvalue weighted by Crippen LogP contribution is -2.40. The fourth-order valence-electron chi connectivity index (χ4n) is 3.46. The Morgan fingerprint density at radius 2 is 1.50 bits per heavy atom. The minimum absolute atomic E-state index is 0.00629. The Kier molecular flexibility index (Phi) is 8.03. The molecule has 1 saturated heterocycles. The number of sulfonamides is 2. The molecule has 0 bridgehead atoms. The standard InChI is InChI=1S/C23H21BrClN3O6S2/c24-16-1-6-19(7-2-16)35(30,31)27-22-10-3-17(25)15-21(22)23(29)26-18-4-8-20(9-5-18)36(32,33)28-11-13-34-14-12-28/h1-10,15,27H,11-14H2,(H,26,29). The van der Waals surface area contributed by atoms with Crippen LogP contribution in [0.2, 0.25) is 5.02 Å². The van der Waals surface area contributed by atoms with Gasteiger partial charge >= 0.3 is 0 Å². The van der Waals surface area contributed by atoms with E-state index in [1.54, 1.807) is 12.1 Å². The molecular formula is C23H21BrClN3O6S2. The van der Waals surface area contributed by atoms with Gasteiger partial charge in [-0.2, -0.15) is 4.31 Å². The highest BCUT2D eigenvalue weighted by Crippen LogP contribution is 2.26. The maximum atomic E-state index is 13.0. The molecule has 2 N–H and O–H groups in total. The number of rotatable bonds is 7. The van der Waals surface area contributed by atoms with Gasteiger partial charge in [-0.1, -0.05) is 27.5 Å². The first-order valence-electron chi connectivity index (χ1n) is 10.6. The predicted molar refractivity (Wildman–Crippen MR) is 140 cm³/mol. The summed E-state index contributed by atoms with van der Waals surface area (Å²) in [5.41, 5.74) is 0.349. The van der Waals surface area contributed by atoms with Crippen molar-refractivity contribution in [2.24, 2.45) is 0 Å². The molecule has 0 saturated carbocycles. The SMILES string of the molecule is O=C(Nc1ccc(S(=O)(=O)N2CCOCC2)cc1)c1cc(Cl)ccc1NS(=O)(=O)c1ccc(Br)cc1. The van der Waals surface area contributed by atoms with Crippen LogP contribution in [0.15, 0.2) is 81.0 Å². The van der Waals surface area contributed by atoms with Gasteiger partial charge in [0, 0.05) is 28.3 Å². The first-order chi connectivity index (χ1) is 17.1. The average Bonchev–Trinajstić information content (AvgIpc) is 2.86. The zero-order valence-corrected chi connectivity index (χ0v) is 22.6. The van der Waals surface area contributed by atoms with Crippen LogP contribution in [-0.2, 0) is 24.8 Å². The van der Waals surface area contributed by atoms with E-state index in [0.717, 1.165) is 4.47 Å². The van der Waals surface area contributed by atoms with Gasteiger partial charge in [0.05, 0.1) is 34.3 Å². The van der Waals surface area contributed by atoms with Crippen molar-refractivity contribution < 1.29 is 26.4 Å². The summed E-state index contributed by atoms with van der Waals surface area (Å²) in [5.74, 6) is -0.630. The van der Waals surface area contributed by atoms with E-state index in [1.807, 2.05) is 0 Å². The topological polar surface area (TPSA) is 122 Å². The van der Waals surface area contributed by atoms with Gasteiger partial charge in [-0.3, -0.25) is 9.52 Å². The number of anilines is 2. The zero-order chi connectivity index (χ0) is 25.9. The molecule has 1 aliphatic rings. The lowest BCUT2D eigenvalue weighted by molar-refractivity contribution is 0.0730. The molecule has 190 valence electrons. The molecule has 0 radical (unpaired) electrons. The second-order valence-electron chi connectivity index (χ2n) is 7.74. The van der Waals surface area contributed by atoms with Crippen LogP contribution in [0.3, 0.4) is 0 Å². The van der Waals surface area contributed by atoms with E-state index in [1.165, 1.54) is 58.9 Å². The lowest BCUT2D eigenvalue weighted by atomic mass is 10.1. The highest BCUT2D eigenvalue weighted by molar-refractivity contribution is 9.10. The molecule has 1 fully saturated rings. The molecule has 1 aliphatic heterocycles. The Bertz CT molecular complexity index is 1480. The van der Waals surface area contributed by atoms with Crippen LogP contribution in [0.4, 0.5) is 11.4 Å². The second-order valence-corrected chi connectivity index (χ2v) is 12.7. The van der Waals surface area contributed by atoms with E-state index in [-0.39, 0.29) is 39.2 Å². The quantitative estimate of drug-likeness (QED) is 0.412. The Labute approximate surface area is 222 Å². The third-order valence-corrected chi connectivity index (χ3v) is 9.37. The van der Waals surface area contributed by atoms with Crippen molar-refractivity contribution in [2.45, 2.75) is 9.79 Å². The summed E-state index contributed by atoms with van der Waals surface area (Å²) in [6.45, 7) is 1.21. The minimum atomic E-state index is -3.98. The summed E-state index contributed by atoms with van der Waals surface area (Å²) in [6, 6.07) is 15.9. The van der Waals surface area contributed by atoms with Crippen LogP contribution in [0.5, 0.6) is 0 Å². The van der Waals surface area contributed by atoms with Crippen molar-refractivity contribution >= 4 is 64.9 Å². The highest BCUT2D eigenvalue weighted by Gasteiger charge is 2.26. The molecule has 1 amide bonds. The maximum absolute atomic E-state index is 13.0. The lowest BCUT2D eigenvalue weighted by Gasteiger charge is -2.26. The molecule has 0 spiro atoms. The molecule has 0 unspecified atom stereocenters. The molecular weight excluding hydrogens is 594 g/mol. The summed E-state index contributed by atoms with van der Waals surface area (Å²) in [7, 11) is -7.66. The number of nitrogens with one attached hydrogen (secondary N) is 2. The van der Waals surface area contributed by atoms with Gasteiger partial charge in [-0.05, 0) is 66.7 Å². The van der Waals surface area contributed by atoms with Crippen LogP contribution in [-0.4, -0.2) is 53.4 Å². The molecule has 0 atom stereocenters. The molecule has 36 heavy (non-hydrogen) atoms. The Morgan fingerprint density at radius 1 is 0.889 bits per heavy atom. The monoisotopic (exact) mass is 613 g/mol. The predicted octanol–water partition coefficient (Wildman–Crippen LogP) is 4.18. The first-order valence-corrected chi connectivity index (χ1v) is 14.7. The smallest absolute Gasteiger partial charge is 0.261 e. The number of carbonyl (C=O) groups is 1.